The van der Waals surface area contributed by atoms with Crippen LogP contribution in [0, 0.1) is 5.92 Å². The van der Waals surface area contributed by atoms with Gasteiger partial charge in [-0.2, -0.15) is 0 Å². The molecule has 2 aliphatic rings. The Kier molecular flexibility index (Phi) is 3.42. The zero-order valence-electron chi connectivity index (χ0n) is 11.3. The van der Waals surface area contributed by atoms with Gasteiger partial charge in [-0.25, -0.2) is 4.79 Å². The Bertz CT molecular complexity index is 469. The number of amides is 2. The van der Waals surface area contributed by atoms with Crippen molar-refractivity contribution >= 4 is 11.7 Å². The van der Waals surface area contributed by atoms with Gasteiger partial charge in [-0.1, -0.05) is 25.1 Å². The van der Waals surface area contributed by atoms with E-state index in [2.05, 4.69) is 19.1 Å². The maximum atomic E-state index is 12.7. The van der Waals surface area contributed by atoms with Gasteiger partial charge >= 0.3 is 6.03 Å². The summed E-state index contributed by atoms with van der Waals surface area (Å²) < 4.78 is 5.32. The lowest BCUT2D eigenvalue weighted by Gasteiger charge is -2.37. The largest absolute Gasteiger partial charge is 0.378 e. The molecule has 2 amide bonds. The van der Waals surface area contributed by atoms with Gasteiger partial charge in [0.05, 0.1) is 13.2 Å². The molecule has 1 aromatic carbocycles. The van der Waals surface area contributed by atoms with Crippen molar-refractivity contribution < 1.29 is 9.53 Å². The number of urea groups is 1. The molecule has 0 spiro atoms. The number of nitrogens with zero attached hydrogens (tertiary/aromatic N) is 2. The van der Waals surface area contributed by atoms with Gasteiger partial charge in [0.15, 0.2) is 0 Å². The maximum absolute atomic E-state index is 12.7. The molecule has 0 N–H and O–H groups in total. The number of benzene rings is 1. The molecule has 0 saturated carbocycles. The standard InChI is InChI=1S/C15H20N2O2/c1-12-10-13-4-2-3-5-14(13)17(11-12)15(18)16-6-8-19-9-7-16/h2-5,12H,6-11H2,1H3. The van der Waals surface area contributed by atoms with Crippen LogP contribution in [0.2, 0.25) is 0 Å². The first-order valence-electron chi connectivity index (χ1n) is 6.98. The summed E-state index contributed by atoms with van der Waals surface area (Å²) in [5.41, 5.74) is 2.36. The maximum Gasteiger partial charge on any atom is 0.324 e. The summed E-state index contributed by atoms with van der Waals surface area (Å²) in [5, 5.41) is 0. The first-order valence-corrected chi connectivity index (χ1v) is 6.98. The summed E-state index contributed by atoms with van der Waals surface area (Å²) in [5.74, 6) is 0.514. The van der Waals surface area contributed by atoms with E-state index < -0.39 is 0 Å². The fraction of sp³-hybridized carbons (Fsp3) is 0.533. The van der Waals surface area contributed by atoms with E-state index in [9.17, 15) is 4.79 Å². The molecule has 1 fully saturated rings. The van der Waals surface area contributed by atoms with Crippen molar-refractivity contribution in [1.29, 1.82) is 0 Å². The van der Waals surface area contributed by atoms with Crippen LogP contribution in [0.15, 0.2) is 24.3 Å². The van der Waals surface area contributed by atoms with Gasteiger partial charge in [0.1, 0.15) is 0 Å². The highest BCUT2D eigenvalue weighted by Gasteiger charge is 2.29. The second-order valence-corrected chi connectivity index (χ2v) is 5.43. The molecular weight excluding hydrogens is 240 g/mol. The van der Waals surface area contributed by atoms with Crippen molar-refractivity contribution in [2.24, 2.45) is 5.92 Å². The number of morpholine rings is 1. The first kappa shape index (κ1) is 12.5. The topological polar surface area (TPSA) is 32.8 Å². The van der Waals surface area contributed by atoms with Crippen molar-refractivity contribution in [2.45, 2.75) is 13.3 Å². The van der Waals surface area contributed by atoms with Gasteiger partial charge < -0.3 is 9.64 Å². The molecule has 1 atom stereocenters. The Labute approximate surface area is 113 Å². The minimum Gasteiger partial charge on any atom is -0.378 e. The van der Waals surface area contributed by atoms with Crippen LogP contribution in [0.5, 0.6) is 0 Å². The Hall–Kier alpha value is -1.55. The molecule has 0 bridgehead atoms. The lowest BCUT2D eigenvalue weighted by Crippen LogP contribution is -2.50. The van der Waals surface area contributed by atoms with Crippen LogP contribution >= 0.6 is 0 Å². The number of hydrogen-bond acceptors (Lipinski definition) is 2. The average Bonchev–Trinajstić information content (AvgIpc) is 2.46. The molecule has 0 aliphatic carbocycles. The lowest BCUT2D eigenvalue weighted by atomic mass is 9.94. The van der Waals surface area contributed by atoms with Crippen LogP contribution in [0.25, 0.3) is 0 Å². The van der Waals surface area contributed by atoms with E-state index in [0.29, 0.717) is 32.2 Å². The summed E-state index contributed by atoms with van der Waals surface area (Å²) >= 11 is 0. The van der Waals surface area contributed by atoms with E-state index in [1.54, 1.807) is 0 Å². The molecule has 2 heterocycles. The third kappa shape index (κ3) is 2.45. The fourth-order valence-electron chi connectivity index (χ4n) is 2.90. The molecule has 2 aliphatic heterocycles. The predicted octanol–water partition coefficient (Wildman–Crippen LogP) is 2.14. The van der Waals surface area contributed by atoms with Gasteiger partial charge in [-0.3, -0.25) is 4.90 Å². The summed E-state index contributed by atoms with van der Waals surface area (Å²) in [6, 6.07) is 8.37. The van der Waals surface area contributed by atoms with Crippen molar-refractivity contribution in [1.82, 2.24) is 4.90 Å². The summed E-state index contributed by atoms with van der Waals surface area (Å²) in [6.07, 6.45) is 1.06. The van der Waals surface area contributed by atoms with Crippen LogP contribution < -0.4 is 4.90 Å². The van der Waals surface area contributed by atoms with E-state index in [-0.39, 0.29) is 6.03 Å². The Balaban J connectivity index is 1.85. The average molecular weight is 260 g/mol. The number of fused-ring (bicyclic) bond motifs is 1. The normalized spacial score (nSPS) is 23.1. The fourth-order valence-corrected chi connectivity index (χ4v) is 2.90. The Morgan fingerprint density at radius 2 is 2.00 bits per heavy atom. The number of carbonyl (C=O) groups is 1. The third-order valence-corrected chi connectivity index (χ3v) is 3.86. The van der Waals surface area contributed by atoms with Gasteiger partial charge in [-0.05, 0) is 24.0 Å². The van der Waals surface area contributed by atoms with Gasteiger partial charge in [-0.15, -0.1) is 0 Å². The molecule has 4 nitrogen and oxygen atoms in total. The minimum atomic E-state index is 0.127. The highest BCUT2D eigenvalue weighted by atomic mass is 16.5. The molecule has 0 radical (unpaired) electrons. The number of rotatable bonds is 0. The van der Waals surface area contributed by atoms with E-state index in [0.717, 1.165) is 18.7 Å². The van der Waals surface area contributed by atoms with Crippen LogP contribution in [0.1, 0.15) is 12.5 Å². The van der Waals surface area contributed by atoms with Crippen molar-refractivity contribution in [3.8, 4) is 0 Å². The number of hydrogen-bond donors (Lipinski definition) is 0. The highest BCUT2D eigenvalue weighted by Crippen LogP contribution is 2.30. The van der Waals surface area contributed by atoms with Gasteiger partial charge in [0.2, 0.25) is 0 Å². The molecular formula is C15H20N2O2. The monoisotopic (exact) mass is 260 g/mol. The molecule has 0 aromatic heterocycles. The summed E-state index contributed by atoms with van der Waals surface area (Å²) in [7, 11) is 0. The van der Waals surface area contributed by atoms with Crippen LogP contribution in [0.3, 0.4) is 0 Å². The Morgan fingerprint density at radius 3 is 2.79 bits per heavy atom. The van der Waals surface area contributed by atoms with Gasteiger partial charge in [0.25, 0.3) is 0 Å². The van der Waals surface area contributed by atoms with E-state index in [1.807, 2.05) is 21.9 Å². The quantitative estimate of drug-likeness (QED) is 0.716. The molecule has 19 heavy (non-hydrogen) atoms. The molecule has 1 unspecified atom stereocenters. The van der Waals surface area contributed by atoms with Crippen LogP contribution in [-0.2, 0) is 11.2 Å². The van der Waals surface area contributed by atoms with Crippen LogP contribution in [-0.4, -0.2) is 43.8 Å². The zero-order chi connectivity index (χ0) is 13.2. The summed E-state index contributed by atoms with van der Waals surface area (Å²) in [6.45, 7) is 5.72. The van der Waals surface area contributed by atoms with Crippen molar-refractivity contribution in [2.75, 3.05) is 37.7 Å². The molecule has 102 valence electrons. The summed E-state index contributed by atoms with van der Waals surface area (Å²) in [4.78, 5) is 16.5. The highest BCUT2D eigenvalue weighted by molar-refractivity contribution is 5.93. The minimum absolute atomic E-state index is 0.127. The molecule has 3 rings (SSSR count). The number of para-hydroxylation sites is 1. The smallest absolute Gasteiger partial charge is 0.324 e. The first-order chi connectivity index (χ1) is 9.25. The van der Waals surface area contributed by atoms with Crippen molar-refractivity contribution in [3.05, 3.63) is 29.8 Å². The number of ether oxygens (including phenoxy) is 1. The lowest BCUT2D eigenvalue weighted by molar-refractivity contribution is 0.0546. The van der Waals surface area contributed by atoms with Crippen LogP contribution in [0.4, 0.5) is 10.5 Å². The second kappa shape index (κ2) is 5.21. The third-order valence-electron chi connectivity index (χ3n) is 3.86. The van der Waals surface area contributed by atoms with Crippen molar-refractivity contribution in [3.63, 3.8) is 0 Å². The number of carbonyl (C=O) groups excluding carboxylic acids is 1. The predicted molar refractivity (Wildman–Crippen MR) is 74.4 cm³/mol. The Morgan fingerprint density at radius 1 is 1.26 bits per heavy atom. The van der Waals surface area contributed by atoms with Gasteiger partial charge in [0, 0.05) is 25.3 Å². The molecule has 1 saturated heterocycles. The number of anilines is 1. The van der Waals surface area contributed by atoms with E-state index in [1.165, 1.54) is 5.56 Å². The zero-order valence-corrected chi connectivity index (χ0v) is 11.3. The SMILES string of the molecule is CC1Cc2ccccc2N(C(=O)N2CCOCC2)C1. The second-order valence-electron chi connectivity index (χ2n) is 5.43. The molecule has 4 heteroatoms. The molecule has 1 aromatic rings. The van der Waals surface area contributed by atoms with E-state index >= 15 is 0 Å². The van der Waals surface area contributed by atoms with E-state index in [4.69, 9.17) is 4.74 Å².